The summed E-state index contributed by atoms with van der Waals surface area (Å²) in [5.74, 6) is 0.263. The molecule has 0 aromatic carbocycles. The number of nitrogens with zero attached hydrogens (tertiary/aromatic N) is 2. The molecule has 3 N–H and O–H groups in total. The van der Waals surface area contributed by atoms with Crippen LogP contribution in [0.25, 0.3) is 0 Å². The lowest BCUT2D eigenvalue weighted by Gasteiger charge is -2.29. The molecule has 1 aromatic heterocycles. The van der Waals surface area contributed by atoms with Crippen LogP contribution < -0.4 is 16.0 Å². The lowest BCUT2D eigenvalue weighted by Crippen LogP contribution is -2.45. The number of morpholine rings is 1. The van der Waals surface area contributed by atoms with Crippen molar-refractivity contribution in [3.63, 3.8) is 0 Å². The zero-order valence-corrected chi connectivity index (χ0v) is 12.4. The molecule has 0 bridgehead atoms. The molecule has 1 atom stereocenters. The van der Waals surface area contributed by atoms with Crippen LogP contribution in [0.5, 0.6) is 0 Å². The van der Waals surface area contributed by atoms with Crippen molar-refractivity contribution in [3.8, 4) is 0 Å². The minimum absolute atomic E-state index is 0.111. The number of nitrogens with one attached hydrogen (secondary N) is 1. The first-order valence-corrected chi connectivity index (χ1v) is 7.51. The van der Waals surface area contributed by atoms with E-state index in [-0.39, 0.29) is 6.10 Å². The molecular formula is C15H22N4O2. The van der Waals surface area contributed by atoms with Crippen molar-refractivity contribution in [2.24, 2.45) is 5.73 Å². The van der Waals surface area contributed by atoms with Crippen molar-refractivity contribution < 1.29 is 9.53 Å². The Morgan fingerprint density at radius 3 is 3.14 bits per heavy atom. The molecule has 1 aliphatic heterocycles. The fraction of sp³-hybridized carbons (Fsp3) is 0.600. The van der Waals surface area contributed by atoms with E-state index in [0.717, 1.165) is 50.2 Å². The van der Waals surface area contributed by atoms with Crippen LogP contribution in [0.2, 0.25) is 0 Å². The number of aryl methyl sites for hydroxylation is 2. The van der Waals surface area contributed by atoms with Crippen molar-refractivity contribution in [2.45, 2.75) is 25.4 Å². The van der Waals surface area contributed by atoms with Crippen molar-refractivity contribution in [1.29, 1.82) is 0 Å². The Morgan fingerprint density at radius 1 is 1.57 bits per heavy atom. The van der Waals surface area contributed by atoms with Gasteiger partial charge in [0.15, 0.2) is 0 Å². The molecule has 1 saturated heterocycles. The van der Waals surface area contributed by atoms with E-state index in [1.54, 1.807) is 0 Å². The molecule has 2 aliphatic rings. The van der Waals surface area contributed by atoms with Gasteiger partial charge in [0.2, 0.25) is 0 Å². The molecule has 3 rings (SSSR count). The number of primary amides is 1. The van der Waals surface area contributed by atoms with E-state index in [0.29, 0.717) is 17.9 Å². The Bertz CT molecular complexity index is 541. The number of aromatic nitrogens is 1. The van der Waals surface area contributed by atoms with Gasteiger partial charge in [0.25, 0.3) is 5.91 Å². The second-order valence-electron chi connectivity index (χ2n) is 5.76. The van der Waals surface area contributed by atoms with Crippen LogP contribution in [-0.2, 0) is 17.6 Å². The van der Waals surface area contributed by atoms with E-state index in [9.17, 15) is 4.79 Å². The Morgan fingerprint density at radius 2 is 2.43 bits per heavy atom. The number of hydrogen-bond acceptors (Lipinski definition) is 5. The van der Waals surface area contributed by atoms with E-state index in [1.165, 1.54) is 0 Å². The van der Waals surface area contributed by atoms with Crippen LogP contribution in [0.3, 0.4) is 0 Å². The van der Waals surface area contributed by atoms with Gasteiger partial charge in [0.05, 0.1) is 18.3 Å². The average Bonchev–Trinajstić information content (AvgIpc) is 2.94. The molecular weight excluding hydrogens is 268 g/mol. The summed E-state index contributed by atoms with van der Waals surface area (Å²) in [6, 6.07) is 1.92. The lowest BCUT2D eigenvalue weighted by molar-refractivity contribution is 0.0339. The van der Waals surface area contributed by atoms with Crippen LogP contribution in [0.4, 0.5) is 5.82 Å². The quantitative estimate of drug-likeness (QED) is 0.822. The highest BCUT2D eigenvalue weighted by molar-refractivity contribution is 5.98. The molecule has 0 spiro atoms. The van der Waals surface area contributed by atoms with Gasteiger partial charge in [0, 0.05) is 32.4 Å². The molecule has 6 heteroatoms. The Balaban J connectivity index is 1.83. The van der Waals surface area contributed by atoms with Crippen LogP contribution >= 0.6 is 0 Å². The monoisotopic (exact) mass is 290 g/mol. The van der Waals surface area contributed by atoms with Crippen LogP contribution in [-0.4, -0.2) is 50.3 Å². The third-order valence-electron chi connectivity index (χ3n) is 4.14. The van der Waals surface area contributed by atoms with Crippen LogP contribution in [0.15, 0.2) is 6.07 Å². The zero-order chi connectivity index (χ0) is 14.8. The maximum Gasteiger partial charge on any atom is 0.252 e. The van der Waals surface area contributed by atoms with Crippen LogP contribution in [0.1, 0.15) is 28.0 Å². The molecule has 0 radical (unpaired) electrons. The highest BCUT2D eigenvalue weighted by atomic mass is 16.5. The fourth-order valence-electron chi connectivity index (χ4n) is 3.06. The minimum atomic E-state index is -0.415. The number of carbonyl (C=O) groups excluding carboxylic acids is 1. The topological polar surface area (TPSA) is 80.5 Å². The second-order valence-corrected chi connectivity index (χ2v) is 5.76. The summed E-state index contributed by atoms with van der Waals surface area (Å²) in [6.07, 6.45) is 3.18. The zero-order valence-electron chi connectivity index (χ0n) is 12.4. The van der Waals surface area contributed by atoms with Gasteiger partial charge in [-0.25, -0.2) is 4.98 Å². The number of amides is 1. The number of ether oxygens (including phenoxy) is 1. The van der Waals surface area contributed by atoms with Gasteiger partial charge in [-0.05, 0) is 30.9 Å². The summed E-state index contributed by atoms with van der Waals surface area (Å²) < 4.78 is 5.71. The van der Waals surface area contributed by atoms with Gasteiger partial charge in [-0.15, -0.1) is 0 Å². The number of carbonyl (C=O) groups is 1. The Labute approximate surface area is 124 Å². The highest BCUT2D eigenvalue weighted by Gasteiger charge is 2.23. The molecule has 6 nitrogen and oxygen atoms in total. The molecule has 0 saturated carbocycles. The number of likely N-dealkylation sites (N-methyl/N-ethyl adjacent to an activating group) is 1. The Kier molecular flexibility index (Phi) is 4.07. The molecule has 2 heterocycles. The summed E-state index contributed by atoms with van der Waals surface area (Å²) >= 11 is 0. The normalized spacial score (nSPS) is 21.1. The highest BCUT2D eigenvalue weighted by Crippen LogP contribution is 2.27. The Hall–Kier alpha value is -1.66. The SMILES string of the molecule is CN(CC1CNCCO1)c1nc2c(cc1C(N)=O)CCC2. The van der Waals surface area contributed by atoms with E-state index in [2.05, 4.69) is 10.3 Å². The summed E-state index contributed by atoms with van der Waals surface area (Å²) in [4.78, 5) is 18.4. The molecule has 1 aromatic rings. The summed E-state index contributed by atoms with van der Waals surface area (Å²) in [5.41, 5.74) is 8.31. The minimum Gasteiger partial charge on any atom is -0.374 e. The summed E-state index contributed by atoms with van der Waals surface area (Å²) in [7, 11) is 1.94. The first kappa shape index (κ1) is 14.3. The number of fused-ring (bicyclic) bond motifs is 1. The molecule has 1 fully saturated rings. The molecule has 1 amide bonds. The van der Waals surface area contributed by atoms with Crippen molar-refractivity contribution >= 4 is 11.7 Å². The standard InChI is InChI=1S/C15H22N4O2/c1-19(9-11-8-17-5-6-21-11)15-12(14(16)20)7-10-3-2-4-13(10)18-15/h7,11,17H,2-6,8-9H2,1H3,(H2,16,20). The van der Waals surface area contributed by atoms with Gasteiger partial charge in [-0.1, -0.05) is 0 Å². The molecule has 21 heavy (non-hydrogen) atoms. The maximum atomic E-state index is 11.7. The van der Waals surface area contributed by atoms with Gasteiger partial charge >= 0.3 is 0 Å². The van der Waals surface area contributed by atoms with Gasteiger partial charge in [0.1, 0.15) is 5.82 Å². The fourth-order valence-corrected chi connectivity index (χ4v) is 3.06. The van der Waals surface area contributed by atoms with Gasteiger partial charge in [-0.3, -0.25) is 4.79 Å². The predicted octanol–water partition coefficient (Wildman–Crippen LogP) is 0.0938. The largest absolute Gasteiger partial charge is 0.374 e. The predicted molar refractivity (Wildman–Crippen MR) is 80.7 cm³/mol. The van der Waals surface area contributed by atoms with E-state index < -0.39 is 5.91 Å². The summed E-state index contributed by atoms with van der Waals surface area (Å²) in [5, 5.41) is 3.31. The first-order chi connectivity index (χ1) is 10.1. The smallest absolute Gasteiger partial charge is 0.252 e. The van der Waals surface area contributed by atoms with Gasteiger partial charge < -0.3 is 20.7 Å². The molecule has 114 valence electrons. The number of pyridine rings is 1. The molecule has 1 unspecified atom stereocenters. The van der Waals surface area contributed by atoms with Crippen molar-refractivity contribution in [1.82, 2.24) is 10.3 Å². The van der Waals surface area contributed by atoms with E-state index in [1.807, 2.05) is 18.0 Å². The first-order valence-electron chi connectivity index (χ1n) is 7.51. The second kappa shape index (κ2) is 5.99. The van der Waals surface area contributed by atoms with E-state index >= 15 is 0 Å². The lowest BCUT2D eigenvalue weighted by atomic mass is 10.1. The third-order valence-corrected chi connectivity index (χ3v) is 4.14. The number of rotatable bonds is 4. The number of hydrogen-bond donors (Lipinski definition) is 2. The van der Waals surface area contributed by atoms with Gasteiger partial charge in [-0.2, -0.15) is 0 Å². The average molecular weight is 290 g/mol. The maximum absolute atomic E-state index is 11.7. The number of nitrogens with two attached hydrogens (primary N) is 1. The van der Waals surface area contributed by atoms with Crippen LogP contribution in [0, 0.1) is 0 Å². The van der Waals surface area contributed by atoms with Crippen molar-refractivity contribution in [3.05, 3.63) is 22.9 Å². The molecule has 1 aliphatic carbocycles. The van der Waals surface area contributed by atoms with Crippen molar-refractivity contribution in [2.75, 3.05) is 38.2 Å². The van der Waals surface area contributed by atoms with E-state index in [4.69, 9.17) is 10.5 Å². The number of anilines is 1. The third kappa shape index (κ3) is 3.01. The summed E-state index contributed by atoms with van der Waals surface area (Å²) in [6.45, 7) is 3.13.